The summed E-state index contributed by atoms with van der Waals surface area (Å²) >= 11 is 6.93. The van der Waals surface area contributed by atoms with E-state index in [0.717, 1.165) is 65.6 Å². The van der Waals surface area contributed by atoms with Gasteiger partial charge in [0.1, 0.15) is 11.8 Å². The third kappa shape index (κ3) is 5.27. The van der Waals surface area contributed by atoms with E-state index in [1.54, 1.807) is 6.07 Å². The molecule has 0 amide bonds. The molecule has 0 fully saturated rings. The maximum absolute atomic E-state index is 9.29. The maximum atomic E-state index is 9.29. The number of aromatic nitrogens is 4. The fourth-order valence-electron chi connectivity index (χ4n) is 6.00. The first-order valence-corrected chi connectivity index (χ1v) is 15.5. The Kier molecular flexibility index (Phi) is 7.18. The van der Waals surface area contributed by atoms with Gasteiger partial charge < -0.3 is 0 Å². The zero-order valence-corrected chi connectivity index (χ0v) is 25.7. The SMILES string of the molecule is N#Cc1cccc(-c2ccc(-c3nc(-c4ccccc4)nc(-c4cccc(-c5c6ccccc6c(Cl)c6ccccc56)c4)n3)cc2)n1. The van der Waals surface area contributed by atoms with Crippen molar-refractivity contribution in [2.45, 2.75) is 0 Å². The smallest absolute Gasteiger partial charge is 0.164 e. The highest BCUT2D eigenvalue weighted by Crippen LogP contribution is 2.42. The lowest BCUT2D eigenvalue weighted by Gasteiger charge is -2.15. The first kappa shape index (κ1) is 28.3. The van der Waals surface area contributed by atoms with Gasteiger partial charge in [0.25, 0.3) is 0 Å². The van der Waals surface area contributed by atoms with Gasteiger partial charge in [0, 0.05) is 33.0 Å². The molecule has 0 unspecified atom stereocenters. The third-order valence-corrected chi connectivity index (χ3v) is 8.65. The Hall–Kier alpha value is -6.22. The number of fused-ring (bicyclic) bond motifs is 2. The van der Waals surface area contributed by atoms with Gasteiger partial charge >= 0.3 is 0 Å². The molecule has 47 heavy (non-hydrogen) atoms. The van der Waals surface area contributed by atoms with Crippen molar-refractivity contribution in [3.05, 3.63) is 156 Å². The minimum absolute atomic E-state index is 0.378. The van der Waals surface area contributed by atoms with Gasteiger partial charge in [-0.3, -0.25) is 0 Å². The number of hydrogen-bond acceptors (Lipinski definition) is 5. The van der Waals surface area contributed by atoms with Gasteiger partial charge in [-0.2, -0.15) is 5.26 Å². The average Bonchev–Trinajstić information content (AvgIpc) is 3.15. The summed E-state index contributed by atoms with van der Waals surface area (Å²) in [6, 6.07) is 50.3. The molecule has 0 aliphatic rings. The van der Waals surface area contributed by atoms with E-state index in [2.05, 4.69) is 47.5 Å². The van der Waals surface area contributed by atoms with Crippen LogP contribution < -0.4 is 0 Å². The monoisotopic (exact) mass is 621 g/mol. The van der Waals surface area contributed by atoms with E-state index in [0.29, 0.717) is 23.2 Å². The van der Waals surface area contributed by atoms with Gasteiger partial charge in [-0.15, -0.1) is 0 Å². The lowest BCUT2D eigenvalue weighted by Crippen LogP contribution is -2.00. The zero-order chi connectivity index (χ0) is 31.7. The van der Waals surface area contributed by atoms with Gasteiger partial charge in [-0.1, -0.05) is 139 Å². The number of halogens is 1. The molecule has 6 heteroatoms. The second kappa shape index (κ2) is 11.9. The molecule has 0 radical (unpaired) electrons. The molecule has 0 atom stereocenters. The van der Waals surface area contributed by atoms with Gasteiger partial charge in [-0.25, -0.2) is 19.9 Å². The van der Waals surface area contributed by atoms with E-state index in [1.807, 2.05) is 103 Å². The van der Waals surface area contributed by atoms with Gasteiger partial charge in [0.15, 0.2) is 17.5 Å². The van der Waals surface area contributed by atoms with Crippen LogP contribution in [-0.2, 0) is 0 Å². The Morgan fingerprint density at radius 3 is 1.55 bits per heavy atom. The molecule has 220 valence electrons. The van der Waals surface area contributed by atoms with Crippen LogP contribution in [0.4, 0.5) is 0 Å². The molecule has 6 aromatic carbocycles. The Morgan fingerprint density at radius 1 is 0.426 bits per heavy atom. The van der Waals surface area contributed by atoms with Crippen LogP contribution in [0.25, 0.3) is 78.1 Å². The van der Waals surface area contributed by atoms with E-state index in [1.165, 1.54) is 0 Å². The van der Waals surface area contributed by atoms with Crippen LogP contribution in [0.15, 0.2) is 146 Å². The molecule has 0 bridgehead atoms. The normalized spacial score (nSPS) is 11.1. The fraction of sp³-hybridized carbons (Fsp3) is 0. The van der Waals surface area contributed by atoms with E-state index < -0.39 is 0 Å². The lowest BCUT2D eigenvalue weighted by molar-refractivity contribution is 1.07. The molecule has 0 aliphatic carbocycles. The van der Waals surface area contributed by atoms with Crippen LogP contribution in [0.2, 0.25) is 5.02 Å². The maximum Gasteiger partial charge on any atom is 0.164 e. The van der Waals surface area contributed by atoms with Crippen LogP contribution in [0.3, 0.4) is 0 Å². The average molecular weight is 622 g/mol. The highest BCUT2D eigenvalue weighted by molar-refractivity contribution is 6.42. The van der Waals surface area contributed by atoms with Crippen LogP contribution in [0.1, 0.15) is 5.69 Å². The molecule has 2 heterocycles. The van der Waals surface area contributed by atoms with Crippen molar-refractivity contribution in [1.29, 1.82) is 5.26 Å². The molecule has 0 aliphatic heterocycles. The topological polar surface area (TPSA) is 75.3 Å². The molecule has 0 saturated heterocycles. The Morgan fingerprint density at radius 2 is 0.915 bits per heavy atom. The van der Waals surface area contributed by atoms with Crippen molar-refractivity contribution in [1.82, 2.24) is 19.9 Å². The zero-order valence-electron chi connectivity index (χ0n) is 25.0. The van der Waals surface area contributed by atoms with Gasteiger partial charge in [0.2, 0.25) is 0 Å². The summed E-state index contributed by atoms with van der Waals surface area (Å²) in [6.07, 6.45) is 0. The fourth-order valence-corrected chi connectivity index (χ4v) is 6.33. The van der Waals surface area contributed by atoms with Crippen molar-refractivity contribution in [2.75, 3.05) is 0 Å². The van der Waals surface area contributed by atoms with Crippen molar-refractivity contribution >= 4 is 33.1 Å². The summed E-state index contributed by atoms with van der Waals surface area (Å²) in [5.74, 6) is 1.73. The van der Waals surface area contributed by atoms with Crippen molar-refractivity contribution in [3.8, 4) is 62.6 Å². The molecular formula is C41H24ClN5. The number of rotatable bonds is 5. The van der Waals surface area contributed by atoms with E-state index in [9.17, 15) is 5.26 Å². The summed E-state index contributed by atoms with van der Waals surface area (Å²) in [4.78, 5) is 19.3. The van der Waals surface area contributed by atoms with Crippen LogP contribution in [-0.4, -0.2) is 19.9 Å². The van der Waals surface area contributed by atoms with Gasteiger partial charge in [0.05, 0.1) is 10.7 Å². The van der Waals surface area contributed by atoms with Crippen LogP contribution in [0, 0.1) is 11.3 Å². The van der Waals surface area contributed by atoms with Crippen molar-refractivity contribution in [2.24, 2.45) is 0 Å². The summed E-state index contributed by atoms with van der Waals surface area (Å²) in [6.45, 7) is 0. The number of nitriles is 1. The Balaban J connectivity index is 1.28. The second-order valence-electron chi connectivity index (χ2n) is 11.1. The predicted molar refractivity (Wildman–Crippen MR) is 190 cm³/mol. The minimum Gasteiger partial charge on any atom is -0.237 e. The van der Waals surface area contributed by atoms with Crippen molar-refractivity contribution in [3.63, 3.8) is 0 Å². The molecule has 0 saturated carbocycles. The summed E-state index contributed by atoms with van der Waals surface area (Å²) in [7, 11) is 0. The number of nitrogens with zero attached hydrogens (tertiary/aromatic N) is 5. The third-order valence-electron chi connectivity index (χ3n) is 8.25. The summed E-state index contributed by atoms with van der Waals surface area (Å²) in [5, 5.41) is 14.2. The molecule has 0 spiro atoms. The molecule has 2 aromatic heterocycles. The number of hydrogen-bond donors (Lipinski definition) is 0. The second-order valence-corrected chi connectivity index (χ2v) is 11.5. The number of benzene rings is 6. The van der Waals surface area contributed by atoms with E-state index in [4.69, 9.17) is 26.6 Å². The molecule has 5 nitrogen and oxygen atoms in total. The lowest BCUT2D eigenvalue weighted by atomic mass is 9.91. The van der Waals surface area contributed by atoms with Crippen molar-refractivity contribution < 1.29 is 0 Å². The van der Waals surface area contributed by atoms with E-state index in [-0.39, 0.29) is 0 Å². The summed E-state index contributed by atoms with van der Waals surface area (Å²) in [5.41, 5.74) is 6.79. The first-order valence-electron chi connectivity index (χ1n) is 15.2. The standard InChI is InChI=1S/C41H24ClN5/c42-38-34-17-6-4-15-32(34)37(33-16-5-7-18-35(33)38)29-12-8-13-30(24-29)41-46-39(27-10-2-1-3-11-27)45-40(47-41)28-22-20-26(21-23-28)36-19-9-14-31(25-43)44-36/h1-24H. The highest BCUT2D eigenvalue weighted by atomic mass is 35.5. The minimum atomic E-state index is 0.378. The van der Waals surface area contributed by atoms with E-state index >= 15 is 0 Å². The Labute approximate surface area is 276 Å². The molecule has 8 aromatic rings. The molecule has 8 rings (SSSR count). The van der Waals surface area contributed by atoms with Crippen LogP contribution >= 0.6 is 11.6 Å². The predicted octanol–water partition coefficient (Wildman–Crippen LogP) is 10.4. The summed E-state index contributed by atoms with van der Waals surface area (Å²) < 4.78 is 0. The highest BCUT2D eigenvalue weighted by Gasteiger charge is 2.17. The Bertz CT molecular complexity index is 2430. The van der Waals surface area contributed by atoms with Crippen LogP contribution in [0.5, 0.6) is 0 Å². The molecule has 0 N–H and O–H groups in total. The largest absolute Gasteiger partial charge is 0.237 e. The van der Waals surface area contributed by atoms with Gasteiger partial charge in [-0.05, 0) is 40.1 Å². The quantitative estimate of drug-likeness (QED) is 0.179. The first-order chi connectivity index (χ1) is 23.2. The molecular weight excluding hydrogens is 598 g/mol. The number of pyridine rings is 1.